The van der Waals surface area contributed by atoms with Crippen LogP contribution in [-0.2, 0) is 13.2 Å². The molecule has 126 valence electrons. The summed E-state index contributed by atoms with van der Waals surface area (Å²) in [5.41, 5.74) is 2.08. The number of benzene rings is 2. The number of hydrogen-bond donors (Lipinski definition) is 2. The van der Waals surface area contributed by atoms with Crippen molar-refractivity contribution in [2.75, 3.05) is 5.32 Å². The van der Waals surface area contributed by atoms with E-state index < -0.39 is 0 Å². The molecular weight excluding hydrogens is 316 g/mol. The van der Waals surface area contributed by atoms with Gasteiger partial charge >= 0.3 is 6.03 Å². The van der Waals surface area contributed by atoms with Crippen LogP contribution in [0.25, 0.3) is 0 Å². The van der Waals surface area contributed by atoms with Gasteiger partial charge in [0.25, 0.3) is 0 Å². The van der Waals surface area contributed by atoms with Crippen LogP contribution >= 0.6 is 0 Å². The summed E-state index contributed by atoms with van der Waals surface area (Å²) < 4.78 is 5.60. The highest BCUT2D eigenvalue weighted by Gasteiger charge is 2.04. The monoisotopic (exact) mass is 334 g/mol. The SMILES string of the molecule is O=C(NCc1ccccc1)Nc1ncc(OCc2ccccc2)cn1. The van der Waals surface area contributed by atoms with Crippen LogP contribution in [0, 0.1) is 0 Å². The zero-order chi connectivity index (χ0) is 17.3. The first kappa shape index (κ1) is 16.4. The van der Waals surface area contributed by atoms with Crippen molar-refractivity contribution in [3.63, 3.8) is 0 Å². The van der Waals surface area contributed by atoms with Gasteiger partial charge in [0.15, 0.2) is 5.75 Å². The number of nitrogens with zero attached hydrogens (tertiary/aromatic N) is 2. The van der Waals surface area contributed by atoms with Crippen LogP contribution in [0.15, 0.2) is 73.1 Å². The summed E-state index contributed by atoms with van der Waals surface area (Å²) in [6.45, 7) is 0.874. The molecule has 0 bridgehead atoms. The van der Waals surface area contributed by atoms with E-state index in [9.17, 15) is 4.79 Å². The molecule has 1 aromatic heterocycles. The van der Waals surface area contributed by atoms with Gasteiger partial charge in [0.1, 0.15) is 6.61 Å². The maximum Gasteiger partial charge on any atom is 0.321 e. The molecule has 0 saturated carbocycles. The van der Waals surface area contributed by atoms with E-state index in [-0.39, 0.29) is 12.0 Å². The van der Waals surface area contributed by atoms with Crippen LogP contribution in [0.3, 0.4) is 0 Å². The minimum Gasteiger partial charge on any atom is -0.486 e. The third-order valence-corrected chi connectivity index (χ3v) is 3.40. The third kappa shape index (κ3) is 5.31. The van der Waals surface area contributed by atoms with Crippen molar-refractivity contribution in [2.24, 2.45) is 0 Å². The molecule has 0 aliphatic rings. The maximum atomic E-state index is 11.8. The second kappa shape index (κ2) is 8.44. The molecule has 2 amide bonds. The first-order valence-corrected chi connectivity index (χ1v) is 7.87. The fourth-order valence-electron chi connectivity index (χ4n) is 2.12. The van der Waals surface area contributed by atoms with Crippen LogP contribution in [0.5, 0.6) is 5.75 Å². The van der Waals surface area contributed by atoms with Crippen molar-refractivity contribution in [1.82, 2.24) is 15.3 Å². The summed E-state index contributed by atoms with van der Waals surface area (Å²) in [5, 5.41) is 5.33. The largest absolute Gasteiger partial charge is 0.486 e. The topological polar surface area (TPSA) is 76.1 Å². The number of rotatable bonds is 6. The number of nitrogens with one attached hydrogen (secondary N) is 2. The molecule has 6 heteroatoms. The average molecular weight is 334 g/mol. The van der Waals surface area contributed by atoms with Crippen molar-refractivity contribution in [1.29, 1.82) is 0 Å². The lowest BCUT2D eigenvalue weighted by molar-refractivity contribution is 0.251. The molecule has 2 N–H and O–H groups in total. The zero-order valence-corrected chi connectivity index (χ0v) is 13.6. The number of ether oxygens (including phenoxy) is 1. The van der Waals surface area contributed by atoms with E-state index in [1.165, 1.54) is 12.4 Å². The molecule has 3 rings (SSSR count). The molecule has 0 fully saturated rings. The number of hydrogen-bond acceptors (Lipinski definition) is 4. The van der Waals surface area contributed by atoms with Crippen molar-refractivity contribution < 1.29 is 9.53 Å². The molecule has 2 aromatic carbocycles. The molecule has 25 heavy (non-hydrogen) atoms. The Kier molecular flexibility index (Phi) is 5.56. The Morgan fingerprint density at radius 2 is 1.48 bits per heavy atom. The van der Waals surface area contributed by atoms with Gasteiger partial charge < -0.3 is 10.1 Å². The Bertz CT molecular complexity index is 793. The summed E-state index contributed by atoms with van der Waals surface area (Å²) in [6, 6.07) is 19.1. The fourth-order valence-corrected chi connectivity index (χ4v) is 2.12. The smallest absolute Gasteiger partial charge is 0.321 e. The van der Waals surface area contributed by atoms with Gasteiger partial charge in [0.2, 0.25) is 5.95 Å². The summed E-state index contributed by atoms with van der Waals surface area (Å²) in [6.07, 6.45) is 3.06. The van der Waals surface area contributed by atoms with Gasteiger partial charge in [-0.25, -0.2) is 14.8 Å². The van der Waals surface area contributed by atoms with E-state index in [2.05, 4.69) is 20.6 Å². The van der Waals surface area contributed by atoms with Crippen molar-refractivity contribution in [3.8, 4) is 5.75 Å². The van der Waals surface area contributed by atoms with Crippen LogP contribution in [-0.4, -0.2) is 16.0 Å². The van der Waals surface area contributed by atoms with E-state index in [0.717, 1.165) is 11.1 Å². The van der Waals surface area contributed by atoms with Gasteiger partial charge in [0, 0.05) is 6.54 Å². The summed E-state index contributed by atoms with van der Waals surface area (Å²) in [7, 11) is 0. The second-order valence-electron chi connectivity index (χ2n) is 5.31. The molecular formula is C19H18N4O2. The quantitative estimate of drug-likeness (QED) is 0.724. The highest BCUT2D eigenvalue weighted by molar-refractivity contribution is 5.87. The maximum absolute atomic E-state index is 11.8. The molecule has 0 spiro atoms. The van der Waals surface area contributed by atoms with Crippen LogP contribution in [0.2, 0.25) is 0 Å². The minimum atomic E-state index is -0.359. The van der Waals surface area contributed by atoms with E-state index in [0.29, 0.717) is 18.9 Å². The molecule has 0 aliphatic carbocycles. The minimum absolute atomic E-state index is 0.220. The van der Waals surface area contributed by atoms with Crippen LogP contribution in [0.1, 0.15) is 11.1 Å². The second-order valence-corrected chi connectivity index (χ2v) is 5.31. The lowest BCUT2D eigenvalue weighted by atomic mass is 10.2. The standard InChI is InChI=1S/C19H18N4O2/c24-19(22-11-15-7-3-1-4-8-15)23-18-20-12-17(13-21-18)25-14-16-9-5-2-6-10-16/h1-10,12-13H,11,14H2,(H2,20,21,22,23,24). The van der Waals surface area contributed by atoms with Gasteiger partial charge in [-0.2, -0.15) is 0 Å². The number of amides is 2. The predicted molar refractivity (Wildman–Crippen MR) is 95.1 cm³/mol. The molecule has 6 nitrogen and oxygen atoms in total. The molecule has 0 atom stereocenters. The average Bonchev–Trinajstić information content (AvgIpc) is 2.67. The summed E-state index contributed by atoms with van der Waals surface area (Å²) in [4.78, 5) is 20.0. The van der Waals surface area contributed by atoms with E-state index in [4.69, 9.17) is 4.74 Å². The lowest BCUT2D eigenvalue weighted by Gasteiger charge is -2.08. The molecule has 0 radical (unpaired) electrons. The third-order valence-electron chi connectivity index (χ3n) is 3.40. The van der Waals surface area contributed by atoms with Gasteiger partial charge in [-0.1, -0.05) is 60.7 Å². The lowest BCUT2D eigenvalue weighted by Crippen LogP contribution is -2.28. The Morgan fingerprint density at radius 1 is 0.880 bits per heavy atom. The molecule has 1 heterocycles. The molecule has 0 unspecified atom stereocenters. The summed E-state index contributed by atoms with van der Waals surface area (Å²) in [5.74, 6) is 0.761. The van der Waals surface area contributed by atoms with Crippen molar-refractivity contribution >= 4 is 12.0 Å². The Labute approximate surface area is 145 Å². The van der Waals surface area contributed by atoms with Crippen molar-refractivity contribution in [3.05, 3.63) is 84.2 Å². The predicted octanol–water partition coefficient (Wildman–Crippen LogP) is 3.38. The number of carbonyl (C=O) groups excluding carboxylic acids is 1. The van der Waals surface area contributed by atoms with Gasteiger partial charge in [-0.3, -0.25) is 5.32 Å². The highest BCUT2D eigenvalue weighted by Crippen LogP contribution is 2.11. The van der Waals surface area contributed by atoms with Gasteiger partial charge in [0.05, 0.1) is 12.4 Å². The zero-order valence-electron chi connectivity index (χ0n) is 13.6. The molecule has 0 saturated heterocycles. The molecule has 3 aromatic rings. The van der Waals surface area contributed by atoms with Gasteiger partial charge in [-0.05, 0) is 11.1 Å². The van der Waals surface area contributed by atoms with Gasteiger partial charge in [-0.15, -0.1) is 0 Å². The number of urea groups is 1. The van der Waals surface area contributed by atoms with E-state index in [1.807, 2.05) is 60.7 Å². The first-order valence-electron chi connectivity index (χ1n) is 7.87. The number of carbonyl (C=O) groups is 1. The highest BCUT2D eigenvalue weighted by atomic mass is 16.5. The van der Waals surface area contributed by atoms with Crippen LogP contribution in [0.4, 0.5) is 10.7 Å². The normalized spacial score (nSPS) is 10.1. The Balaban J connectivity index is 1.46. The van der Waals surface area contributed by atoms with E-state index in [1.54, 1.807) is 0 Å². The van der Waals surface area contributed by atoms with Crippen molar-refractivity contribution in [2.45, 2.75) is 13.2 Å². The first-order chi connectivity index (χ1) is 12.3. The molecule has 0 aliphatic heterocycles. The fraction of sp³-hybridized carbons (Fsp3) is 0.105. The Hall–Kier alpha value is -3.41. The Morgan fingerprint density at radius 3 is 2.12 bits per heavy atom. The van der Waals surface area contributed by atoms with E-state index >= 15 is 0 Å². The number of anilines is 1. The summed E-state index contributed by atoms with van der Waals surface area (Å²) >= 11 is 0. The number of aromatic nitrogens is 2. The van der Waals surface area contributed by atoms with Crippen LogP contribution < -0.4 is 15.4 Å².